The van der Waals surface area contributed by atoms with E-state index in [4.69, 9.17) is 9.47 Å². The van der Waals surface area contributed by atoms with Crippen LogP contribution in [0.3, 0.4) is 0 Å². The lowest BCUT2D eigenvalue weighted by Crippen LogP contribution is -2.46. The second-order valence-corrected chi connectivity index (χ2v) is 8.39. The molecule has 34 heavy (non-hydrogen) atoms. The van der Waals surface area contributed by atoms with Gasteiger partial charge in [0, 0.05) is 23.1 Å². The Morgan fingerprint density at radius 2 is 1.79 bits per heavy atom. The molecule has 2 amide bonds. The molecule has 8 nitrogen and oxygen atoms in total. The number of carboxylic acid groups (broad SMARTS) is 1. The van der Waals surface area contributed by atoms with Crippen LogP contribution in [0, 0.1) is 5.82 Å². The molecule has 0 saturated carbocycles. The fourth-order valence-electron chi connectivity index (χ4n) is 4.73. The number of halogens is 3. The van der Waals surface area contributed by atoms with Gasteiger partial charge >= 0.3 is 5.97 Å². The van der Waals surface area contributed by atoms with Gasteiger partial charge in [-0.3, -0.25) is 9.59 Å². The normalized spacial score (nSPS) is 21.4. The standard InChI is InChI=1S/C23H19F3N2O6/c24-13-2-3-14-15-7-12(1-4-16(15)23(25,26)17(14)8-13)20(30)27-10-19(29)28-11-22(33-5-6-34-22)9-18(28)21(31)32/h1-4,7-8,18H,5-6,9-11H2,(H,27,30)(H,31,32)/t18-/m0/s1. The first-order chi connectivity index (χ1) is 16.1. The van der Waals surface area contributed by atoms with E-state index in [1.54, 1.807) is 0 Å². The maximum Gasteiger partial charge on any atom is 0.326 e. The molecule has 2 aromatic rings. The highest BCUT2D eigenvalue weighted by Gasteiger charge is 2.52. The first-order valence-corrected chi connectivity index (χ1v) is 10.5. The zero-order valence-corrected chi connectivity index (χ0v) is 17.6. The van der Waals surface area contributed by atoms with E-state index < -0.39 is 53.5 Å². The van der Waals surface area contributed by atoms with Gasteiger partial charge in [0.25, 0.3) is 11.8 Å². The SMILES string of the molecule is O=C(NCC(=O)N1CC2(C[C@H]1C(=O)O)OCCO2)c1ccc2c(c1)-c1ccc(F)cc1C2(F)F. The smallest absolute Gasteiger partial charge is 0.326 e. The monoisotopic (exact) mass is 476 g/mol. The molecule has 5 rings (SSSR count). The largest absolute Gasteiger partial charge is 0.480 e. The van der Waals surface area contributed by atoms with Gasteiger partial charge in [-0.05, 0) is 35.4 Å². The topological polar surface area (TPSA) is 105 Å². The van der Waals surface area contributed by atoms with Gasteiger partial charge in [-0.2, -0.15) is 8.78 Å². The predicted molar refractivity (Wildman–Crippen MR) is 110 cm³/mol. The van der Waals surface area contributed by atoms with Crippen molar-refractivity contribution in [2.45, 2.75) is 24.2 Å². The van der Waals surface area contributed by atoms with Crippen molar-refractivity contribution in [2.75, 3.05) is 26.3 Å². The van der Waals surface area contributed by atoms with Gasteiger partial charge in [-0.15, -0.1) is 0 Å². The molecule has 0 radical (unpaired) electrons. The highest BCUT2D eigenvalue weighted by Crippen LogP contribution is 2.51. The number of carboxylic acids is 1. The molecule has 2 aromatic carbocycles. The highest BCUT2D eigenvalue weighted by molar-refractivity contribution is 5.99. The first-order valence-electron chi connectivity index (χ1n) is 10.5. The molecule has 1 atom stereocenters. The Hall–Kier alpha value is -3.44. The van der Waals surface area contributed by atoms with E-state index in [9.17, 15) is 32.7 Å². The van der Waals surface area contributed by atoms with Crippen molar-refractivity contribution in [1.29, 1.82) is 0 Å². The number of carbonyl (C=O) groups excluding carboxylic acids is 2. The van der Waals surface area contributed by atoms with Crippen LogP contribution in [0.5, 0.6) is 0 Å². The maximum atomic E-state index is 14.7. The first kappa shape index (κ1) is 22.4. The van der Waals surface area contributed by atoms with Gasteiger partial charge in [0.15, 0.2) is 5.79 Å². The molecular weight excluding hydrogens is 457 g/mol. The maximum absolute atomic E-state index is 14.7. The molecule has 2 fully saturated rings. The average molecular weight is 476 g/mol. The summed E-state index contributed by atoms with van der Waals surface area (Å²) >= 11 is 0. The number of likely N-dealkylation sites (tertiary alicyclic amines) is 1. The molecule has 0 bridgehead atoms. The summed E-state index contributed by atoms with van der Waals surface area (Å²) in [6.45, 7) is -0.00974. The molecule has 1 spiro atoms. The number of nitrogens with one attached hydrogen (secondary N) is 1. The minimum Gasteiger partial charge on any atom is -0.480 e. The quantitative estimate of drug-likeness (QED) is 0.701. The molecule has 0 unspecified atom stereocenters. The molecule has 2 saturated heterocycles. The van der Waals surface area contributed by atoms with Crippen LogP contribution in [0.2, 0.25) is 0 Å². The second-order valence-electron chi connectivity index (χ2n) is 8.39. The fourth-order valence-corrected chi connectivity index (χ4v) is 4.73. The van der Waals surface area contributed by atoms with Gasteiger partial charge in [0.1, 0.15) is 11.9 Å². The van der Waals surface area contributed by atoms with Crippen molar-refractivity contribution in [3.05, 3.63) is 58.9 Å². The van der Waals surface area contributed by atoms with Crippen LogP contribution in [0.4, 0.5) is 13.2 Å². The lowest BCUT2D eigenvalue weighted by atomic mass is 10.0. The number of ether oxygens (including phenoxy) is 2. The number of benzene rings is 2. The molecule has 2 N–H and O–H groups in total. The highest BCUT2D eigenvalue weighted by atomic mass is 19.3. The summed E-state index contributed by atoms with van der Waals surface area (Å²) in [6, 6.07) is 5.46. The molecule has 0 aromatic heterocycles. The number of nitrogens with zero attached hydrogens (tertiary/aromatic N) is 1. The number of carbonyl (C=O) groups is 3. The van der Waals surface area contributed by atoms with Gasteiger partial charge in [-0.1, -0.05) is 12.1 Å². The Morgan fingerprint density at radius 3 is 2.50 bits per heavy atom. The summed E-state index contributed by atoms with van der Waals surface area (Å²) in [5.41, 5.74) is -0.579. The van der Waals surface area contributed by atoms with Crippen molar-refractivity contribution >= 4 is 17.8 Å². The number of hydrogen-bond donors (Lipinski definition) is 2. The van der Waals surface area contributed by atoms with Crippen molar-refractivity contribution in [2.24, 2.45) is 0 Å². The summed E-state index contributed by atoms with van der Waals surface area (Å²) in [6.07, 6.45) is -0.0267. The zero-order valence-electron chi connectivity index (χ0n) is 17.6. The molecule has 1 aliphatic carbocycles. The molecule has 178 valence electrons. The third-order valence-electron chi connectivity index (χ3n) is 6.34. The van der Waals surface area contributed by atoms with E-state index in [-0.39, 0.29) is 48.4 Å². The lowest BCUT2D eigenvalue weighted by Gasteiger charge is -2.23. The predicted octanol–water partition coefficient (Wildman–Crippen LogP) is 2.10. The van der Waals surface area contributed by atoms with E-state index in [0.29, 0.717) is 0 Å². The van der Waals surface area contributed by atoms with Crippen LogP contribution in [-0.2, 0) is 25.0 Å². The van der Waals surface area contributed by atoms with Crippen LogP contribution in [0.15, 0.2) is 36.4 Å². The lowest BCUT2D eigenvalue weighted by molar-refractivity contribution is -0.152. The number of alkyl halides is 2. The zero-order chi connectivity index (χ0) is 24.3. The summed E-state index contributed by atoms with van der Waals surface area (Å²) in [4.78, 5) is 38.1. The third kappa shape index (κ3) is 3.51. The Balaban J connectivity index is 1.31. The summed E-state index contributed by atoms with van der Waals surface area (Å²) < 4.78 is 54.0. The van der Waals surface area contributed by atoms with Crippen LogP contribution in [0.25, 0.3) is 11.1 Å². The van der Waals surface area contributed by atoms with E-state index in [1.165, 1.54) is 18.2 Å². The van der Waals surface area contributed by atoms with E-state index in [2.05, 4.69) is 5.32 Å². The molecule has 11 heteroatoms. The van der Waals surface area contributed by atoms with Crippen LogP contribution >= 0.6 is 0 Å². The van der Waals surface area contributed by atoms with Gasteiger partial charge < -0.3 is 24.8 Å². The molecule has 3 aliphatic rings. The Bertz CT molecular complexity index is 1210. The van der Waals surface area contributed by atoms with Crippen LogP contribution in [0.1, 0.15) is 27.9 Å². The van der Waals surface area contributed by atoms with E-state index in [0.717, 1.165) is 23.1 Å². The van der Waals surface area contributed by atoms with Crippen LogP contribution < -0.4 is 5.32 Å². The van der Waals surface area contributed by atoms with Crippen molar-refractivity contribution in [1.82, 2.24) is 10.2 Å². The second kappa shape index (κ2) is 7.81. The number of fused-ring (bicyclic) bond motifs is 3. The number of hydrogen-bond acceptors (Lipinski definition) is 5. The summed E-state index contributed by atoms with van der Waals surface area (Å²) in [7, 11) is 0. The van der Waals surface area contributed by atoms with E-state index in [1.807, 2.05) is 0 Å². The Kier molecular flexibility index (Phi) is 5.14. The van der Waals surface area contributed by atoms with Gasteiger partial charge in [0.05, 0.1) is 26.3 Å². The third-order valence-corrected chi connectivity index (χ3v) is 6.34. The Labute approximate surface area is 191 Å². The van der Waals surface area contributed by atoms with Crippen molar-refractivity contribution in [3.63, 3.8) is 0 Å². The van der Waals surface area contributed by atoms with E-state index >= 15 is 0 Å². The summed E-state index contributed by atoms with van der Waals surface area (Å²) in [5.74, 6) is -7.93. The van der Waals surface area contributed by atoms with Crippen molar-refractivity contribution in [3.8, 4) is 11.1 Å². The minimum atomic E-state index is -3.40. The number of rotatable bonds is 4. The average Bonchev–Trinajstić information content (AvgIpc) is 3.48. The minimum absolute atomic E-state index is 0.0228. The number of aliphatic carboxylic acids is 1. The van der Waals surface area contributed by atoms with Gasteiger partial charge in [0.2, 0.25) is 5.91 Å². The van der Waals surface area contributed by atoms with Crippen LogP contribution in [-0.4, -0.2) is 65.9 Å². The summed E-state index contributed by atoms with van der Waals surface area (Å²) in [5, 5.41) is 11.9. The fraction of sp³-hybridized carbons (Fsp3) is 0.348. The molecular formula is C23H19F3N2O6. The molecule has 2 heterocycles. The van der Waals surface area contributed by atoms with Crippen molar-refractivity contribution < 1.29 is 42.1 Å². The Morgan fingerprint density at radius 1 is 1.06 bits per heavy atom. The van der Waals surface area contributed by atoms with Gasteiger partial charge in [-0.25, -0.2) is 9.18 Å². The molecule has 2 aliphatic heterocycles. The number of amides is 2.